The summed E-state index contributed by atoms with van der Waals surface area (Å²) in [6.45, 7) is 5.67. The minimum atomic E-state index is -0.621. The summed E-state index contributed by atoms with van der Waals surface area (Å²) in [6, 6.07) is 11.2. The molecule has 0 bridgehead atoms. The summed E-state index contributed by atoms with van der Waals surface area (Å²) in [5.41, 5.74) is 1.71. The molecule has 1 aliphatic carbocycles. The Labute approximate surface area is 140 Å². The van der Waals surface area contributed by atoms with Gasteiger partial charge in [0.25, 0.3) is 0 Å². The van der Waals surface area contributed by atoms with E-state index in [0.717, 1.165) is 38.6 Å². The average Bonchev–Trinajstić information content (AvgIpc) is 2.54. The monoisotopic (exact) mass is 317 g/mol. The van der Waals surface area contributed by atoms with Gasteiger partial charge >= 0.3 is 5.97 Å². The molecule has 0 aromatic heterocycles. The molecule has 2 N–H and O–H groups in total. The third kappa shape index (κ3) is 6.34. The molecule has 2 rings (SSSR count). The zero-order valence-electron chi connectivity index (χ0n) is 14.6. The largest absolute Gasteiger partial charge is 0.481 e. The molecule has 1 saturated carbocycles. The van der Waals surface area contributed by atoms with E-state index in [4.69, 9.17) is 5.11 Å². The smallest absolute Gasteiger partial charge is 0.306 e. The Morgan fingerprint density at radius 3 is 2.43 bits per heavy atom. The fraction of sp³-hybridized carbons (Fsp3) is 0.650. The third-order valence-corrected chi connectivity index (χ3v) is 5.11. The number of aryl methyl sites for hydroxylation is 1. The predicted octanol–water partition coefficient (Wildman–Crippen LogP) is 4.27. The van der Waals surface area contributed by atoms with E-state index in [1.807, 2.05) is 0 Å². The van der Waals surface area contributed by atoms with E-state index in [1.165, 1.54) is 18.4 Å². The molecule has 0 saturated heterocycles. The number of carboxylic acid groups (broad SMARTS) is 1. The summed E-state index contributed by atoms with van der Waals surface area (Å²) < 4.78 is 0. The van der Waals surface area contributed by atoms with Crippen LogP contribution in [-0.2, 0) is 11.2 Å². The molecular weight excluding hydrogens is 286 g/mol. The average molecular weight is 317 g/mol. The number of aliphatic carboxylic acids is 1. The Morgan fingerprint density at radius 1 is 1.17 bits per heavy atom. The highest BCUT2D eigenvalue weighted by molar-refractivity contribution is 5.70. The Morgan fingerprint density at radius 2 is 1.83 bits per heavy atom. The van der Waals surface area contributed by atoms with Crippen LogP contribution in [0.25, 0.3) is 0 Å². The second-order valence-electron chi connectivity index (χ2n) is 7.77. The van der Waals surface area contributed by atoms with Crippen molar-refractivity contribution in [2.45, 2.75) is 64.8 Å². The van der Waals surface area contributed by atoms with Crippen LogP contribution in [0.1, 0.15) is 57.9 Å². The van der Waals surface area contributed by atoms with Gasteiger partial charge in [0.15, 0.2) is 0 Å². The lowest BCUT2D eigenvalue weighted by atomic mass is 9.83. The van der Waals surface area contributed by atoms with Crippen molar-refractivity contribution in [1.82, 2.24) is 5.32 Å². The molecule has 1 fully saturated rings. The van der Waals surface area contributed by atoms with Crippen LogP contribution in [0, 0.1) is 11.3 Å². The van der Waals surface area contributed by atoms with Gasteiger partial charge in [0, 0.05) is 12.6 Å². The first-order valence-electron chi connectivity index (χ1n) is 8.96. The molecule has 1 aromatic rings. The van der Waals surface area contributed by atoms with Crippen LogP contribution in [-0.4, -0.2) is 23.7 Å². The van der Waals surface area contributed by atoms with Gasteiger partial charge in [0.2, 0.25) is 0 Å². The first-order valence-corrected chi connectivity index (χ1v) is 8.96. The van der Waals surface area contributed by atoms with E-state index in [2.05, 4.69) is 49.5 Å². The van der Waals surface area contributed by atoms with Crippen molar-refractivity contribution in [3.63, 3.8) is 0 Å². The Balaban J connectivity index is 1.65. The molecule has 3 heteroatoms. The van der Waals surface area contributed by atoms with Gasteiger partial charge in [-0.3, -0.25) is 4.79 Å². The summed E-state index contributed by atoms with van der Waals surface area (Å²) in [6.07, 6.45) is 7.20. The summed E-state index contributed by atoms with van der Waals surface area (Å²) in [7, 11) is 0. The summed E-state index contributed by atoms with van der Waals surface area (Å²) in [5.74, 6) is -0.739. The van der Waals surface area contributed by atoms with Crippen molar-refractivity contribution in [1.29, 1.82) is 0 Å². The van der Waals surface area contributed by atoms with E-state index in [1.54, 1.807) is 0 Å². The number of carboxylic acids is 1. The SMILES string of the molecule is CC(C)(CCCc1ccccc1)CNC1CCC(C(=O)O)CC1. The van der Waals surface area contributed by atoms with Crippen molar-refractivity contribution in [2.24, 2.45) is 11.3 Å². The van der Waals surface area contributed by atoms with Gasteiger partial charge in [-0.2, -0.15) is 0 Å². The predicted molar refractivity (Wildman–Crippen MR) is 94.5 cm³/mol. The van der Waals surface area contributed by atoms with Crippen LogP contribution < -0.4 is 5.32 Å². The molecule has 0 amide bonds. The number of hydrogen-bond donors (Lipinski definition) is 2. The first-order chi connectivity index (χ1) is 11.0. The summed E-state index contributed by atoms with van der Waals surface area (Å²) >= 11 is 0. The zero-order valence-corrected chi connectivity index (χ0v) is 14.6. The second-order valence-corrected chi connectivity index (χ2v) is 7.77. The standard InChI is InChI=1S/C20H31NO2/c1-20(2,14-6-9-16-7-4-3-5-8-16)15-21-18-12-10-17(11-13-18)19(22)23/h3-5,7-8,17-18,21H,6,9-15H2,1-2H3,(H,22,23). The molecule has 0 radical (unpaired) electrons. The lowest BCUT2D eigenvalue weighted by Gasteiger charge is -2.32. The van der Waals surface area contributed by atoms with Crippen LogP contribution in [0.15, 0.2) is 30.3 Å². The normalized spacial score (nSPS) is 22.0. The van der Waals surface area contributed by atoms with Gasteiger partial charge < -0.3 is 10.4 Å². The number of nitrogens with one attached hydrogen (secondary N) is 1. The van der Waals surface area contributed by atoms with E-state index < -0.39 is 5.97 Å². The molecule has 23 heavy (non-hydrogen) atoms. The van der Waals surface area contributed by atoms with Crippen LogP contribution in [0.3, 0.4) is 0 Å². The van der Waals surface area contributed by atoms with Gasteiger partial charge in [-0.05, 0) is 55.9 Å². The number of carbonyl (C=O) groups is 1. The van der Waals surface area contributed by atoms with Crippen LogP contribution >= 0.6 is 0 Å². The van der Waals surface area contributed by atoms with Gasteiger partial charge in [-0.1, -0.05) is 44.2 Å². The van der Waals surface area contributed by atoms with Crippen molar-refractivity contribution in [2.75, 3.05) is 6.54 Å². The fourth-order valence-electron chi connectivity index (χ4n) is 3.47. The molecule has 0 aliphatic heterocycles. The maximum absolute atomic E-state index is 11.0. The Hall–Kier alpha value is -1.35. The van der Waals surface area contributed by atoms with Crippen LogP contribution in [0.4, 0.5) is 0 Å². The van der Waals surface area contributed by atoms with Crippen molar-refractivity contribution in [3.05, 3.63) is 35.9 Å². The fourth-order valence-corrected chi connectivity index (χ4v) is 3.47. The topological polar surface area (TPSA) is 49.3 Å². The second kappa shape index (κ2) is 8.49. The highest BCUT2D eigenvalue weighted by Crippen LogP contribution is 2.27. The van der Waals surface area contributed by atoms with E-state index in [-0.39, 0.29) is 5.92 Å². The first kappa shape index (κ1) is 18.0. The molecule has 1 aromatic carbocycles. The highest BCUT2D eigenvalue weighted by Gasteiger charge is 2.27. The zero-order chi connectivity index (χ0) is 16.7. The highest BCUT2D eigenvalue weighted by atomic mass is 16.4. The lowest BCUT2D eigenvalue weighted by molar-refractivity contribution is -0.142. The van der Waals surface area contributed by atoms with E-state index in [0.29, 0.717) is 11.5 Å². The maximum Gasteiger partial charge on any atom is 0.306 e. The van der Waals surface area contributed by atoms with E-state index in [9.17, 15) is 4.79 Å². The Kier molecular flexibility index (Phi) is 6.64. The molecule has 0 atom stereocenters. The molecule has 0 heterocycles. The minimum Gasteiger partial charge on any atom is -0.481 e. The molecule has 0 unspecified atom stereocenters. The van der Waals surface area contributed by atoms with Crippen molar-refractivity contribution in [3.8, 4) is 0 Å². The van der Waals surface area contributed by atoms with Crippen molar-refractivity contribution < 1.29 is 9.90 Å². The molecule has 0 spiro atoms. The Bertz CT molecular complexity index is 476. The van der Waals surface area contributed by atoms with Gasteiger partial charge in [0.05, 0.1) is 5.92 Å². The maximum atomic E-state index is 11.0. The summed E-state index contributed by atoms with van der Waals surface area (Å²) in [4.78, 5) is 11.0. The third-order valence-electron chi connectivity index (χ3n) is 5.11. The quantitative estimate of drug-likeness (QED) is 0.753. The van der Waals surface area contributed by atoms with Gasteiger partial charge in [-0.25, -0.2) is 0 Å². The summed E-state index contributed by atoms with van der Waals surface area (Å²) in [5, 5.41) is 12.7. The number of hydrogen-bond acceptors (Lipinski definition) is 2. The molecule has 128 valence electrons. The number of rotatable bonds is 8. The number of benzene rings is 1. The molecular formula is C20H31NO2. The molecule has 3 nitrogen and oxygen atoms in total. The van der Waals surface area contributed by atoms with Crippen LogP contribution in [0.5, 0.6) is 0 Å². The van der Waals surface area contributed by atoms with E-state index >= 15 is 0 Å². The van der Waals surface area contributed by atoms with Crippen molar-refractivity contribution >= 4 is 5.97 Å². The lowest BCUT2D eigenvalue weighted by Crippen LogP contribution is -2.40. The van der Waals surface area contributed by atoms with Gasteiger partial charge in [0.1, 0.15) is 0 Å². The minimum absolute atomic E-state index is 0.119. The van der Waals surface area contributed by atoms with Crippen LogP contribution in [0.2, 0.25) is 0 Å². The molecule has 1 aliphatic rings. The van der Waals surface area contributed by atoms with Gasteiger partial charge in [-0.15, -0.1) is 0 Å².